The molecular formula is C12H8BrCl2NO3S. The van der Waals surface area contributed by atoms with Crippen LogP contribution in [0.4, 0.5) is 5.69 Å². The molecule has 20 heavy (non-hydrogen) atoms. The molecule has 0 saturated heterocycles. The van der Waals surface area contributed by atoms with Gasteiger partial charge in [-0.3, -0.25) is 4.72 Å². The van der Waals surface area contributed by atoms with Gasteiger partial charge in [-0.1, -0.05) is 29.3 Å². The van der Waals surface area contributed by atoms with Gasteiger partial charge in [-0.15, -0.1) is 0 Å². The number of benzene rings is 2. The summed E-state index contributed by atoms with van der Waals surface area (Å²) in [6.07, 6.45) is 0. The summed E-state index contributed by atoms with van der Waals surface area (Å²) >= 11 is 14.7. The Morgan fingerprint density at radius 3 is 2.55 bits per heavy atom. The highest BCUT2D eigenvalue weighted by Crippen LogP contribution is 2.34. The van der Waals surface area contributed by atoms with Crippen LogP contribution in [0.1, 0.15) is 0 Å². The first-order valence-corrected chi connectivity index (χ1v) is 8.30. The van der Waals surface area contributed by atoms with Gasteiger partial charge in [0.25, 0.3) is 10.0 Å². The van der Waals surface area contributed by atoms with E-state index in [4.69, 9.17) is 23.2 Å². The van der Waals surface area contributed by atoms with E-state index < -0.39 is 10.0 Å². The predicted octanol–water partition coefficient (Wildman–Crippen LogP) is 4.26. The monoisotopic (exact) mass is 395 g/mol. The Labute approximate surface area is 134 Å². The summed E-state index contributed by atoms with van der Waals surface area (Å²) in [5.41, 5.74) is 0.0374. The Morgan fingerprint density at radius 1 is 1.15 bits per heavy atom. The van der Waals surface area contributed by atoms with E-state index in [1.807, 2.05) is 0 Å². The van der Waals surface area contributed by atoms with Gasteiger partial charge >= 0.3 is 0 Å². The first kappa shape index (κ1) is 15.4. The van der Waals surface area contributed by atoms with Gasteiger partial charge in [-0.05, 0) is 46.3 Å². The van der Waals surface area contributed by atoms with Crippen LogP contribution < -0.4 is 4.72 Å². The number of phenolic OH excluding ortho intramolecular Hbond substituents is 1. The normalized spacial score (nSPS) is 11.3. The SMILES string of the molecule is O=S(=O)(Nc1cccc(Br)c1O)c1cc(Cl)ccc1Cl. The van der Waals surface area contributed by atoms with Crippen LogP contribution in [-0.2, 0) is 10.0 Å². The average molecular weight is 397 g/mol. The van der Waals surface area contributed by atoms with Gasteiger partial charge in [0.2, 0.25) is 0 Å². The number of phenols is 1. The van der Waals surface area contributed by atoms with Crippen LogP contribution in [0.15, 0.2) is 45.8 Å². The molecule has 0 aliphatic rings. The number of nitrogens with one attached hydrogen (secondary N) is 1. The molecule has 2 aromatic rings. The fourth-order valence-corrected chi connectivity index (χ4v) is 3.68. The Kier molecular flexibility index (Phi) is 4.49. The first-order valence-electron chi connectivity index (χ1n) is 5.26. The summed E-state index contributed by atoms with van der Waals surface area (Å²) in [5, 5.41) is 10.1. The van der Waals surface area contributed by atoms with Crippen molar-refractivity contribution in [2.75, 3.05) is 4.72 Å². The number of para-hydroxylation sites is 1. The van der Waals surface area contributed by atoms with E-state index in [0.29, 0.717) is 4.47 Å². The number of anilines is 1. The third-order valence-corrected chi connectivity index (χ3v) is 5.14. The lowest BCUT2D eigenvalue weighted by Gasteiger charge is -2.11. The van der Waals surface area contributed by atoms with Gasteiger partial charge in [0.15, 0.2) is 5.75 Å². The molecular weight excluding hydrogens is 389 g/mol. The van der Waals surface area contributed by atoms with Crippen LogP contribution >= 0.6 is 39.1 Å². The maximum absolute atomic E-state index is 12.3. The van der Waals surface area contributed by atoms with Crippen molar-refractivity contribution in [2.45, 2.75) is 4.90 Å². The number of sulfonamides is 1. The fraction of sp³-hybridized carbons (Fsp3) is 0. The maximum Gasteiger partial charge on any atom is 0.263 e. The van der Waals surface area contributed by atoms with Crippen molar-refractivity contribution in [1.29, 1.82) is 0 Å². The minimum absolute atomic E-state index is 0.0374. The molecule has 0 aliphatic carbocycles. The molecule has 0 bridgehead atoms. The molecule has 8 heteroatoms. The van der Waals surface area contributed by atoms with Gasteiger partial charge < -0.3 is 5.11 Å². The van der Waals surface area contributed by atoms with Crippen LogP contribution in [0.25, 0.3) is 0 Å². The minimum atomic E-state index is -3.95. The second-order valence-corrected chi connectivity index (χ2v) is 7.17. The lowest BCUT2D eigenvalue weighted by molar-refractivity contribution is 0.474. The van der Waals surface area contributed by atoms with Crippen molar-refractivity contribution < 1.29 is 13.5 Å². The summed E-state index contributed by atoms with van der Waals surface area (Å²) in [6, 6.07) is 8.71. The fourth-order valence-electron chi connectivity index (χ4n) is 1.48. The van der Waals surface area contributed by atoms with E-state index in [-0.39, 0.29) is 26.4 Å². The summed E-state index contributed by atoms with van der Waals surface area (Å²) in [7, 11) is -3.95. The van der Waals surface area contributed by atoms with E-state index >= 15 is 0 Å². The van der Waals surface area contributed by atoms with Crippen molar-refractivity contribution in [1.82, 2.24) is 0 Å². The Morgan fingerprint density at radius 2 is 1.85 bits per heavy atom. The van der Waals surface area contributed by atoms with Gasteiger partial charge in [-0.25, -0.2) is 8.42 Å². The zero-order valence-electron chi connectivity index (χ0n) is 9.77. The molecule has 0 fully saturated rings. The number of aromatic hydroxyl groups is 1. The van der Waals surface area contributed by atoms with E-state index in [1.54, 1.807) is 12.1 Å². The predicted molar refractivity (Wildman–Crippen MR) is 83.1 cm³/mol. The summed E-state index contributed by atoms with van der Waals surface area (Å²) in [6.45, 7) is 0. The van der Waals surface area contributed by atoms with E-state index in [9.17, 15) is 13.5 Å². The highest BCUT2D eigenvalue weighted by Gasteiger charge is 2.20. The molecule has 0 atom stereocenters. The molecule has 106 valence electrons. The molecule has 2 rings (SSSR count). The number of hydrogen-bond acceptors (Lipinski definition) is 3. The lowest BCUT2D eigenvalue weighted by Crippen LogP contribution is -2.13. The highest BCUT2D eigenvalue weighted by molar-refractivity contribution is 9.10. The van der Waals surface area contributed by atoms with Crippen LogP contribution in [0.3, 0.4) is 0 Å². The number of halogens is 3. The molecule has 0 heterocycles. The Bertz CT molecular complexity index is 765. The maximum atomic E-state index is 12.3. The standard InChI is InChI=1S/C12H8BrCl2NO3S/c13-8-2-1-3-10(12(8)17)16-20(18,19)11-6-7(14)4-5-9(11)15/h1-6,16-17H. The summed E-state index contributed by atoms with van der Waals surface area (Å²) < 4.78 is 27.1. The highest BCUT2D eigenvalue weighted by atomic mass is 79.9. The molecule has 2 N–H and O–H groups in total. The van der Waals surface area contributed by atoms with Crippen LogP contribution in [0, 0.1) is 0 Å². The average Bonchev–Trinajstić information content (AvgIpc) is 2.37. The molecule has 0 aliphatic heterocycles. The van der Waals surface area contributed by atoms with Crippen molar-refractivity contribution in [3.8, 4) is 5.75 Å². The van der Waals surface area contributed by atoms with Crippen LogP contribution in [0.2, 0.25) is 10.0 Å². The smallest absolute Gasteiger partial charge is 0.263 e. The minimum Gasteiger partial charge on any atom is -0.505 e. The quantitative estimate of drug-likeness (QED) is 0.761. The largest absolute Gasteiger partial charge is 0.505 e. The first-order chi connectivity index (χ1) is 9.31. The molecule has 0 unspecified atom stereocenters. The van der Waals surface area contributed by atoms with Gasteiger partial charge in [0.1, 0.15) is 4.90 Å². The molecule has 2 aromatic carbocycles. The third-order valence-electron chi connectivity index (χ3n) is 2.41. The van der Waals surface area contributed by atoms with Crippen molar-refractivity contribution in [2.24, 2.45) is 0 Å². The second-order valence-electron chi connectivity index (χ2n) is 3.82. The van der Waals surface area contributed by atoms with Crippen LogP contribution in [0.5, 0.6) is 5.75 Å². The molecule has 4 nitrogen and oxygen atoms in total. The van der Waals surface area contributed by atoms with Gasteiger partial charge in [0, 0.05) is 5.02 Å². The number of hydrogen-bond donors (Lipinski definition) is 2. The van der Waals surface area contributed by atoms with E-state index in [2.05, 4.69) is 20.7 Å². The molecule has 0 amide bonds. The lowest BCUT2D eigenvalue weighted by atomic mass is 10.3. The molecule has 0 aromatic heterocycles. The van der Waals surface area contributed by atoms with Gasteiger partial charge in [-0.2, -0.15) is 0 Å². The zero-order valence-corrected chi connectivity index (χ0v) is 13.7. The van der Waals surface area contributed by atoms with Gasteiger partial charge in [0.05, 0.1) is 15.2 Å². The number of rotatable bonds is 3. The summed E-state index contributed by atoms with van der Waals surface area (Å²) in [5.74, 6) is -0.214. The topological polar surface area (TPSA) is 66.4 Å². The summed E-state index contributed by atoms with van der Waals surface area (Å²) in [4.78, 5) is -0.161. The van der Waals surface area contributed by atoms with Crippen molar-refractivity contribution >= 4 is 54.8 Å². The van der Waals surface area contributed by atoms with E-state index in [1.165, 1.54) is 24.3 Å². The van der Waals surface area contributed by atoms with E-state index in [0.717, 1.165) is 0 Å². The second kappa shape index (κ2) is 5.81. The van der Waals surface area contributed by atoms with Crippen LogP contribution in [-0.4, -0.2) is 13.5 Å². The molecule has 0 spiro atoms. The Balaban J connectivity index is 2.46. The molecule has 0 saturated carbocycles. The Hall–Kier alpha value is -0.950. The van der Waals surface area contributed by atoms with Crippen molar-refractivity contribution in [3.05, 3.63) is 50.9 Å². The zero-order chi connectivity index (χ0) is 14.9. The third kappa shape index (κ3) is 3.20. The van der Waals surface area contributed by atoms with Crippen molar-refractivity contribution in [3.63, 3.8) is 0 Å². The molecule has 0 radical (unpaired) electrons.